The van der Waals surface area contributed by atoms with E-state index in [2.05, 4.69) is 0 Å². The van der Waals surface area contributed by atoms with Gasteiger partial charge in [-0.05, 0) is 12.1 Å². The summed E-state index contributed by atoms with van der Waals surface area (Å²) in [5.41, 5.74) is -0.296. The summed E-state index contributed by atoms with van der Waals surface area (Å²) in [7, 11) is 0. The predicted molar refractivity (Wildman–Crippen MR) is 63.1 cm³/mol. The number of hydrogen-bond acceptors (Lipinski definition) is 5. The van der Waals surface area contributed by atoms with Gasteiger partial charge in [0, 0.05) is 6.54 Å². The molecule has 1 atom stereocenters. The molecule has 0 radical (unpaired) electrons. The number of benzene rings is 1. The van der Waals surface area contributed by atoms with Gasteiger partial charge in [-0.15, -0.1) is 0 Å². The van der Waals surface area contributed by atoms with Crippen molar-refractivity contribution < 1.29 is 29.6 Å². The highest BCUT2D eigenvalue weighted by molar-refractivity contribution is 6.01. The summed E-state index contributed by atoms with van der Waals surface area (Å²) in [6, 6.07) is 2.77. The third-order valence-electron chi connectivity index (χ3n) is 2.91. The molecule has 0 aromatic heterocycles. The monoisotopic (exact) mass is 267 g/mol. The zero-order chi connectivity index (χ0) is 14.0. The van der Waals surface area contributed by atoms with Gasteiger partial charge in [-0.3, -0.25) is 4.79 Å². The van der Waals surface area contributed by atoms with E-state index in [1.54, 1.807) is 0 Å². The minimum atomic E-state index is -1.19. The number of carbonyl (C=O) groups is 2. The molecule has 3 N–H and O–H groups in total. The van der Waals surface area contributed by atoms with Gasteiger partial charge in [0.05, 0.1) is 13.2 Å². The van der Waals surface area contributed by atoms with Crippen LogP contribution in [-0.4, -0.2) is 57.9 Å². The molecule has 0 saturated carbocycles. The number of phenols is 2. The molecular formula is C12H13NO6. The lowest BCUT2D eigenvalue weighted by molar-refractivity contribution is -0.147. The van der Waals surface area contributed by atoms with Gasteiger partial charge in [0.2, 0.25) is 0 Å². The van der Waals surface area contributed by atoms with Crippen LogP contribution in [0.5, 0.6) is 11.5 Å². The lowest BCUT2D eigenvalue weighted by atomic mass is 10.1. The van der Waals surface area contributed by atoms with E-state index in [1.807, 2.05) is 0 Å². The fourth-order valence-corrected chi connectivity index (χ4v) is 1.94. The van der Waals surface area contributed by atoms with Crippen molar-refractivity contribution in [3.05, 3.63) is 23.8 Å². The van der Waals surface area contributed by atoms with Gasteiger partial charge in [0.15, 0.2) is 6.04 Å². The zero-order valence-corrected chi connectivity index (χ0v) is 9.94. The van der Waals surface area contributed by atoms with Crippen molar-refractivity contribution in [2.75, 3.05) is 19.8 Å². The molecule has 7 nitrogen and oxygen atoms in total. The number of hydrogen-bond donors (Lipinski definition) is 3. The average Bonchev–Trinajstić information content (AvgIpc) is 2.38. The molecule has 1 unspecified atom stereocenters. The number of phenolic OH excluding ortho intramolecular Hbond substituents is 2. The summed E-state index contributed by atoms with van der Waals surface area (Å²) in [5.74, 6) is -2.70. The fraction of sp³-hybridized carbons (Fsp3) is 0.333. The Morgan fingerprint density at radius 3 is 2.47 bits per heavy atom. The molecule has 102 valence electrons. The molecule has 7 heteroatoms. The van der Waals surface area contributed by atoms with Crippen LogP contribution in [0.2, 0.25) is 0 Å². The van der Waals surface area contributed by atoms with E-state index in [-0.39, 0.29) is 36.8 Å². The normalized spacial score (nSPS) is 19.2. The lowest BCUT2D eigenvalue weighted by Crippen LogP contribution is -2.52. The van der Waals surface area contributed by atoms with Gasteiger partial charge in [-0.25, -0.2) is 4.79 Å². The van der Waals surface area contributed by atoms with E-state index >= 15 is 0 Å². The molecule has 1 fully saturated rings. The van der Waals surface area contributed by atoms with E-state index in [0.29, 0.717) is 0 Å². The summed E-state index contributed by atoms with van der Waals surface area (Å²) in [6.45, 7) is 0.183. The van der Waals surface area contributed by atoms with Gasteiger partial charge < -0.3 is 25.0 Å². The molecule has 0 bridgehead atoms. The minimum absolute atomic E-state index is 0.0869. The molecule has 1 aromatic rings. The molecular weight excluding hydrogens is 254 g/mol. The minimum Gasteiger partial charge on any atom is -0.507 e. The molecule has 19 heavy (non-hydrogen) atoms. The maximum Gasteiger partial charge on any atom is 0.328 e. The van der Waals surface area contributed by atoms with Gasteiger partial charge in [0.25, 0.3) is 5.91 Å². The van der Waals surface area contributed by atoms with E-state index in [0.717, 1.165) is 4.90 Å². The lowest BCUT2D eigenvalue weighted by Gasteiger charge is -2.33. The first-order valence-corrected chi connectivity index (χ1v) is 5.65. The van der Waals surface area contributed by atoms with E-state index in [1.165, 1.54) is 18.2 Å². The molecule has 0 spiro atoms. The van der Waals surface area contributed by atoms with E-state index < -0.39 is 17.9 Å². The SMILES string of the molecule is O=C(O)C1COCCN1C(=O)c1c(O)cccc1O. The third-order valence-corrected chi connectivity index (χ3v) is 2.91. The molecule has 1 saturated heterocycles. The average molecular weight is 267 g/mol. The number of nitrogens with zero attached hydrogens (tertiary/aromatic N) is 1. The number of ether oxygens (including phenoxy) is 1. The highest BCUT2D eigenvalue weighted by Crippen LogP contribution is 2.28. The topological polar surface area (TPSA) is 107 Å². The van der Waals surface area contributed by atoms with Crippen molar-refractivity contribution >= 4 is 11.9 Å². The predicted octanol–water partition coefficient (Wildman–Crippen LogP) is 0.0234. The van der Waals surface area contributed by atoms with Crippen LogP contribution in [0.15, 0.2) is 18.2 Å². The quantitative estimate of drug-likeness (QED) is 0.697. The van der Waals surface area contributed by atoms with Crippen LogP contribution in [-0.2, 0) is 9.53 Å². The Hall–Kier alpha value is -2.28. The van der Waals surface area contributed by atoms with Gasteiger partial charge in [-0.2, -0.15) is 0 Å². The Bertz CT molecular complexity index is 495. The van der Waals surface area contributed by atoms with Crippen molar-refractivity contribution in [1.82, 2.24) is 4.90 Å². The third kappa shape index (κ3) is 2.45. The van der Waals surface area contributed by atoms with Crippen molar-refractivity contribution in [1.29, 1.82) is 0 Å². The second kappa shape index (κ2) is 5.15. The number of rotatable bonds is 2. The molecule has 1 aliphatic rings. The summed E-state index contributed by atoms with van der Waals surface area (Å²) in [4.78, 5) is 24.4. The van der Waals surface area contributed by atoms with Crippen LogP contribution < -0.4 is 0 Å². The van der Waals surface area contributed by atoms with Gasteiger partial charge in [0.1, 0.15) is 17.1 Å². The molecule has 2 rings (SSSR count). The number of aromatic hydroxyl groups is 2. The van der Waals surface area contributed by atoms with Crippen LogP contribution in [0.25, 0.3) is 0 Å². The fourth-order valence-electron chi connectivity index (χ4n) is 1.94. The molecule has 0 aliphatic carbocycles. The van der Waals surface area contributed by atoms with Crippen molar-refractivity contribution in [3.63, 3.8) is 0 Å². The number of morpholine rings is 1. The summed E-state index contributed by atoms with van der Waals surface area (Å²) in [5, 5.41) is 28.3. The van der Waals surface area contributed by atoms with Crippen molar-refractivity contribution in [2.24, 2.45) is 0 Å². The Labute approximate surface area is 108 Å². The second-order valence-electron chi connectivity index (χ2n) is 4.10. The summed E-state index contributed by atoms with van der Waals surface area (Å²) < 4.78 is 5.02. The Balaban J connectivity index is 2.34. The number of amides is 1. The Kier molecular flexibility index (Phi) is 3.57. The van der Waals surface area contributed by atoms with Gasteiger partial charge >= 0.3 is 5.97 Å². The van der Waals surface area contributed by atoms with Crippen molar-refractivity contribution in [3.8, 4) is 11.5 Å². The summed E-state index contributed by atoms with van der Waals surface area (Å²) in [6.07, 6.45) is 0. The van der Waals surface area contributed by atoms with E-state index in [9.17, 15) is 19.8 Å². The second-order valence-corrected chi connectivity index (χ2v) is 4.10. The van der Waals surface area contributed by atoms with E-state index in [4.69, 9.17) is 9.84 Å². The first-order chi connectivity index (χ1) is 9.02. The largest absolute Gasteiger partial charge is 0.507 e. The Morgan fingerprint density at radius 1 is 1.26 bits per heavy atom. The first-order valence-electron chi connectivity index (χ1n) is 5.65. The first kappa shape index (κ1) is 13.2. The van der Waals surface area contributed by atoms with Crippen LogP contribution in [0.3, 0.4) is 0 Å². The Morgan fingerprint density at radius 2 is 1.89 bits per heavy atom. The number of carbonyl (C=O) groups excluding carboxylic acids is 1. The van der Waals surface area contributed by atoms with Gasteiger partial charge in [-0.1, -0.05) is 6.07 Å². The molecule has 1 amide bonds. The van der Waals surface area contributed by atoms with Crippen LogP contribution >= 0.6 is 0 Å². The number of aliphatic carboxylic acids is 1. The number of carboxylic acid groups (broad SMARTS) is 1. The summed E-state index contributed by atoms with van der Waals surface area (Å²) >= 11 is 0. The maximum absolute atomic E-state index is 12.2. The zero-order valence-electron chi connectivity index (χ0n) is 9.94. The maximum atomic E-state index is 12.2. The molecule has 1 aliphatic heterocycles. The highest BCUT2D eigenvalue weighted by Gasteiger charge is 2.35. The molecule has 1 heterocycles. The standard InChI is InChI=1S/C12H13NO6/c14-8-2-1-3-9(15)10(8)11(16)13-4-5-19-6-7(13)12(17)18/h1-3,7,14-15H,4-6H2,(H,17,18). The van der Waals surface area contributed by atoms with Crippen LogP contribution in [0, 0.1) is 0 Å². The molecule has 1 aromatic carbocycles. The number of carboxylic acids is 1. The van der Waals surface area contributed by atoms with Crippen LogP contribution in [0.4, 0.5) is 0 Å². The highest BCUT2D eigenvalue weighted by atomic mass is 16.5. The van der Waals surface area contributed by atoms with Crippen LogP contribution in [0.1, 0.15) is 10.4 Å². The smallest absolute Gasteiger partial charge is 0.328 e. The van der Waals surface area contributed by atoms with Crippen molar-refractivity contribution in [2.45, 2.75) is 6.04 Å².